The van der Waals surface area contributed by atoms with Crippen molar-refractivity contribution in [1.29, 1.82) is 0 Å². The van der Waals surface area contributed by atoms with Crippen LogP contribution in [0, 0.1) is 0 Å². The van der Waals surface area contributed by atoms with Crippen LogP contribution in [-0.4, -0.2) is 12.0 Å². The minimum absolute atomic E-state index is 0.804. The van der Waals surface area contributed by atoms with Crippen LogP contribution in [0.4, 0.5) is 0 Å². The molecule has 0 aliphatic rings. The van der Waals surface area contributed by atoms with Crippen molar-refractivity contribution in [2.45, 2.75) is 12.8 Å². The van der Waals surface area contributed by atoms with Crippen LogP contribution in [0.1, 0.15) is 11.1 Å². The molecule has 0 aliphatic heterocycles. The Bertz CT molecular complexity index is 556. The van der Waals surface area contributed by atoms with Gasteiger partial charge in [0.15, 0.2) is 0 Å². The fourth-order valence-electron chi connectivity index (χ4n) is 2.01. The highest BCUT2D eigenvalue weighted by Crippen LogP contribution is 2.21. The van der Waals surface area contributed by atoms with Crippen molar-refractivity contribution in [3.8, 4) is 0 Å². The maximum Gasteiger partial charge on any atom is 0.372 e. The van der Waals surface area contributed by atoms with Crippen molar-refractivity contribution in [3.05, 3.63) is 59.7 Å². The molecule has 0 atom stereocenters. The SMILES string of the molecule is Cl[Si](Cl)(Cl)c1ccc(CCc2ccc([Si](Cl)(Cl)Cl)cc2)cc1. The summed E-state index contributed by atoms with van der Waals surface area (Å²) in [7, 11) is 0. The molecule has 118 valence electrons. The predicted octanol–water partition coefficient (Wildman–Crippen LogP) is 5.20. The first-order chi connectivity index (χ1) is 10.2. The van der Waals surface area contributed by atoms with Gasteiger partial charge in [-0.3, -0.25) is 0 Å². The second kappa shape index (κ2) is 7.67. The van der Waals surface area contributed by atoms with Crippen LogP contribution in [0.5, 0.6) is 0 Å². The van der Waals surface area contributed by atoms with Gasteiger partial charge in [-0.1, -0.05) is 48.5 Å². The van der Waals surface area contributed by atoms with E-state index in [1.54, 1.807) is 0 Å². The molecule has 0 amide bonds. The highest BCUT2D eigenvalue weighted by molar-refractivity contribution is 7.70. The van der Waals surface area contributed by atoms with Crippen LogP contribution in [-0.2, 0) is 12.8 Å². The van der Waals surface area contributed by atoms with Gasteiger partial charge in [0.25, 0.3) is 0 Å². The minimum atomic E-state index is -2.78. The van der Waals surface area contributed by atoms with E-state index in [-0.39, 0.29) is 0 Å². The third-order valence-corrected chi connectivity index (χ3v) is 9.17. The van der Waals surface area contributed by atoms with Gasteiger partial charge < -0.3 is 0 Å². The molecule has 0 heterocycles. The van der Waals surface area contributed by atoms with Crippen LogP contribution in [0.25, 0.3) is 0 Å². The van der Waals surface area contributed by atoms with E-state index in [9.17, 15) is 0 Å². The number of hydrogen-bond acceptors (Lipinski definition) is 0. The highest BCUT2D eigenvalue weighted by atomic mass is 35.8. The molecular weight excluding hydrogens is 437 g/mol. The Labute approximate surface area is 160 Å². The summed E-state index contributed by atoms with van der Waals surface area (Å²) in [5.74, 6) is 0. The monoisotopic (exact) mass is 446 g/mol. The minimum Gasteiger partial charge on any atom is -0.121 e. The Morgan fingerprint density at radius 1 is 0.500 bits per heavy atom. The van der Waals surface area contributed by atoms with Gasteiger partial charge in [0, 0.05) is 0 Å². The summed E-state index contributed by atoms with van der Waals surface area (Å²) in [6.45, 7) is 0. The van der Waals surface area contributed by atoms with Crippen molar-refractivity contribution in [2.24, 2.45) is 0 Å². The molecule has 0 saturated carbocycles. The van der Waals surface area contributed by atoms with E-state index in [1.165, 1.54) is 11.1 Å². The van der Waals surface area contributed by atoms with E-state index >= 15 is 0 Å². The van der Waals surface area contributed by atoms with Crippen LogP contribution < -0.4 is 10.4 Å². The van der Waals surface area contributed by atoms with E-state index < -0.39 is 12.0 Å². The average Bonchev–Trinajstić information content (AvgIpc) is 2.44. The van der Waals surface area contributed by atoms with Crippen LogP contribution in [0.3, 0.4) is 0 Å². The van der Waals surface area contributed by atoms with Crippen molar-refractivity contribution in [3.63, 3.8) is 0 Å². The number of rotatable bonds is 5. The zero-order valence-corrected chi connectivity index (χ0v) is 17.8. The lowest BCUT2D eigenvalue weighted by Gasteiger charge is -2.10. The summed E-state index contributed by atoms with van der Waals surface area (Å²) in [6, 6.07) is 10.0. The molecular formula is C14H12Cl6Si2. The van der Waals surface area contributed by atoms with Gasteiger partial charge in [-0.15, -0.1) is 66.5 Å². The molecule has 2 aromatic rings. The topological polar surface area (TPSA) is 0 Å². The number of benzene rings is 2. The first-order valence-corrected chi connectivity index (χ1v) is 16.6. The Morgan fingerprint density at radius 2 is 0.773 bits per heavy atom. The van der Waals surface area contributed by atoms with Gasteiger partial charge in [-0.2, -0.15) is 0 Å². The Kier molecular flexibility index (Phi) is 6.60. The van der Waals surface area contributed by atoms with Crippen molar-refractivity contribution in [2.75, 3.05) is 0 Å². The molecule has 0 spiro atoms. The van der Waals surface area contributed by atoms with E-state index in [2.05, 4.69) is 0 Å². The van der Waals surface area contributed by atoms with Crippen LogP contribution >= 0.6 is 66.5 Å². The van der Waals surface area contributed by atoms with E-state index in [0.717, 1.165) is 23.2 Å². The first kappa shape index (κ1) is 18.9. The quantitative estimate of drug-likeness (QED) is 0.435. The van der Waals surface area contributed by atoms with Crippen molar-refractivity contribution >= 4 is 88.9 Å². The number of hydrogen-bond donors (Lipinski definition) is 0. The molecule has 0 nitrogen and oxygen atoms in total. The van der Waals surface area contributed by atoms with Crippen molar-refractivity contribution < 1.29 is 0 Å². The summed E-state index contributed by atoms with van der Waals surface area (Å²) in [6.07, 6.45) is 1.82. The fourth-order valence-corrected chi connectivity index (χ4v) is 5.37. The molecule has 0 bridgehead atoms. The molecule has 2 rings (SSSR count). The molecule has 0 aromatic heterocycles. The van der Waals surface area contributed by atoms with E-state index in [0.29, 0.717) is 0 Å². The van der Waals surface area contributed by atoms with Gasteiger partial charge in [-0.25, -0.2) is 0 Å². The second-order valence-electron chi connectivity index (χ2n) is 4.89. The maximum absolute atomic E-state index is 5.98. The lowest BCUT2D eigenvalue weighted by atomic mass is 10.0. The van der Waals surface area contributed by atoms with Crippen LogP contribution in [0.15, 0.2) is 48.5 Å². The summed E-state index contributed by atoms with van der Waals surface area (Å²) in [5, 5.41) is 1.61. The predicted molar refractivity (Wildman–Crippen MR) is 106 cm³/mol. The Hall–Kier alpha value is 0.614. The van der Waals surface area contributed by atoms with E-state index in [1.807, 2.05) is 48.5 Å². The summed E-state index contributed by atoms with van der Waals surface area (Å²) >= 11 is 35.9. The fraction of sp³-hybridized carbons (Fsp3) is 0.143. The van der Waals surface area contributed by atoms with Gasteiger partial charge in [0.1, 0.15) is 0 Å². The van der Waals surface area contributed by atoms with Gasteiger partial charge in [0.2, 0.25) is 0 Å². The average molecular weight is 449 g/mol. The second-order valence-corrected chi connectivity index (χ2v) is 21.7. The smallest absolute Gasteiger partial charge is 0.121 e. The molecule has 0 N–H and O–H groups in total. The lowest BCUT2D eigenvalue weighted by Crippen LogP contribution is -2.29. The van der Waals surface area contributed by atoms with Crippen molar-refractivity contribution in [1.82, 2.24) is 0 Å². The molecule has 0 saturated heterocycles. The Morgan fingerprint density at radius 3 is 1.00 bits per heavy atom. The summed E-state index contributed by atoms with van der Waals surface area (Å²) in [4.78, 5) is 0. The summed E-state index contributed by atoms with van der Waals surface area (Å²) in [5.41, 5.74) is 2.40. The van der Waals surface area contributed by atoms with Gasteiger partial charge >= 0.3 is 12.0 Å². The highest BCUT2D eigenvalue weighted by Gasteiger charge is 2.28. The molecule has 0 radical (unpaired) electrons. The van der Waals surface area contributed by atoms with E-state index in [4.69, 9.17) is 66.5 Å². The molecule has 0 aliphatic carbocycles. The lowest BCUT2D eigenvalue weighted by molar-refractivity contribution is 0.961. The molecule has 8 heteroatoms. The molecule has 2 aromatic carbocycles. The Balaban J connectivity index is 1.98. The molecule has 0 unspecified atom stereocenters. The first-order valence-electron chi connectivity index (χ1n) is 6.48. The van der Waals surface area contributed by atoms with Gasteiger partial charge in [0.05, 0.1) is 0 Å². The van der Waals surface area contributed by atoms with Gasteiger partial charge in [-0.05, 0) is 34.3 Å². The molecule has 0 fully saturated rings. The standard InChI is InChI=1S/C14H12Cl6Si2/c15-21(16,17)13-7-3-11(4-8-13)1-2-12-5-9-14(10-6-12)22(18,19)20/h3-10H,1-2H2. The number of halogens is 6. The third-order valence-electron chi connectivity index (χ3n) is 3.26. The third kappa shape index (κ3) is 5.61. The summed E-state index contributed by atoms with van der Waals surface area (Å²) < 4.78 is 0. The zero-order chi connectivity index (χ0) is 16.4. The normalized spacial score (nSPS) is 12.5. The molecule has 22 heavy (non-hydrogen) atoms. The largest absolute Gasteiger partial charge is 0.372 e. The number of aryl methyl sites for hydroxylation is 2. The van der Waals surface area contributed by atoms with Crippen LogP contribution in [0.2, 0.25) is 0 Å². The maximum atomic E-state index is 5.98. The zero-order valence-electron chi connectivity index (χ0n) is 11.3.